The number of ether oxygens (including phenoxy) is 1. The van der Waals surface area contributed by atoms with Gasteiger partial charge in [0.15, 0.2) is 0 Å². The van der Waals surface area contributed by atoms with Gasteiger partial charge < -0.3 is 4.74 Å². The maximum Gasteiger partial charge on any atom is 0.0480 e. The maximum atomic E-state index is 5.42. The van der Waals surface area contributed by atoms with Gasteiger partial charge in [0.2, 0.25) is 0 Å². The summed E-state index contributed by atoms with van der Waals surface area (Å²) in [6, 6.07) is 0.688. The molecule has 0 aliphatic carbocycles. The standard InChI is InChI=1S/C13H27NO/c1-12(2,3)13(4,5)14(6)11-7-9-15-10-8-11/h11H,7-10H2,1-6H3. The van der Waals surface area contributed by atoms with Crippen LogP contribution < -0.4 is 0 Å². The third-order valence-electron chi connectivity index (χ3n) is 4.46. The summed E-state index contributed by atoms with van der Waals surface area (Å²) in [6.45, 7) is 13.5. The normalized spacial score (nSPS) is 21.0. The van der Waals surface area contributed by atoms with Crippen LogP contribution in [0.5, 0.6) is 0 Å². The SMILES string of the molecule is CN(C1CCOCC1)C(C)(C)C(C)(C)C. The second-order valence-corrected chi connectivity index (χ2v) is 6.26. The number of nitrogens with zero attached hydrogens (tertiary/aromatic N) is 1. The van der Waals surface area contributed by atoms with Gasteiger partial charge in [0, 0.05) is 24.8 Å². The van der Waals surface area contributed by atoms with E-state index < -0.39 is 0 Å². The molecule has 0 N–H and O–H groups in total. The predicted octanol–water partition coefficient (Wildman–Crippen LogP) is 2.92. The van der Waals surface area contributed by atoms with E-state index in [2.05, 4.69) is 46.6 Å². The molecule has 0 saturated carbocycles. The van der Waals surface area contributed by atoms with Crippen LogP contribution in [-0.2, 0) is 4.74 Å². The fraction of sp³-hybridized carbons (Fsp3) is 1.00. The predicted molar refractivity (Wildman–Crippen MR) is 65.1 cm³/mol. The van der Waals surface area contributed by atoms with Crippen molar-refractivity contribution in [3.63, 3.8) is 0 Å². The maximum absolute atomic E-state index is 5.42. The average Bonchev–Trinajstić information content (AvgIpc) is 2.16. The van der Waals surface area contributed by atoms with Gasteiger partial charge in [-0.3, -0.25) is 4.90 Å². The first kappa shape index (κ1) is 13.0. The molecule has 1 saturated heterocycles. The van der Waals surface area contributed by atoms with Crippen molar-refractivity contribution in [3.8, 4) is 0 Å². The first-order valence-electron chi connectivity index (χ1n) is 6.07. The Hall–Kier alpha value is -0.0800. The van der Waals surface area contributed by atoms with E-state index >= 15 is 0 Å². The van der Waals surface area contributed by atoms with Gasteiger partial charge in [-0.25, -0.2) is 0 Å². The summed E-state index contributed by atoms with van der Waals surface area (Å²) >= 11 is 0. The molecule has 1 aliphatic heterocycles. The second kappa shape index (κ2) is 4.42. The highest BCUT2D eigenvalue weighted by Gasteiger charge is 2.39. The highest BCUT2D eigenvalue weighted by atomic mass is 16.5. The van der Waals surface area contributed by atoms with Crippen molar-refractivity contribution in [3.05, 3.63) is 0 Å². The van der Waals surface area contributed by atoms with Crippen LogP contribution in [0.25, 0.3) is 0 Å². The van der Waals surface area contributed by atoms with Gasteiger partial charge >= 0.3 is 0 Å². The van der Waals surface area contributed by atoms with Crippen LogP contribution in [0, 0.1) is 5.41 Å². The van der Waals surface area contributed by atoms with Crippen LogP contribution in [0.2, 0.25) is 0 Å². The Labute approximate surface area is 95.0 Å². The van der Waals surface area contributed by atoms with E-state index in [1.54, 1.807) is 0 Å². The molecule has 90 valence electrons. The quantitative estimate of drug-likeness (QED) is 0.699. The van der Waals surface area contributed by atoms with Crippen LogP contribution in [0.4, 0.5) is 0 Å². The van der Waals surface area contributed by atoms with Crippen molar-refractivity contribution in [2.24, 2.45) is 5.41 Å². The minimum absolute atomic E-state index is 0.231. The zero-order chi connectivity index (χ0) is 11.7. The molecule has 15 heavy (non-hydrogen) atoms. The summed E-state index contributed by atoms with van der Waals surface area (Å²) in [7, 11) is 2.27. The van der Waals surface area contributed by atoms with E-state index in [0.29, 0.717) is 11.5 Å². The molecule has 2 heteroatoms. The van der Waals surface area contributed by atoms with Crippen LogP contribution in [-0.4, -0.2) is 36.7 Å². The van der Waals surface area contributed by atoms with Gasteiger partial charge in [0.1, 0.15) is 0 Å². The monoisotopic (exact) mass is 213 g/mol. The zero-order valence-electron chi connectivity index (χ0n) is 11.3. The third-order valence-corrected chi connectivity index (χ3v) is 4.46. The third kappa shape index (κ3) is 2.73. The van der Waals surface area contributed by atoms with E-state index in [1.807, 2.05) is 0 Å². The highest BCUT2D eigenvalue weighted by molar-refractivity contribution is 4.94. The Morgan fingerprint density at radius 1 is 1.00 bits per heavy atom. The Morgan fingerprint density at radius 3 is 1.87 bits per heavy atom. The van der Waals surface area contributed by atoms with Gasteiger partial charge in [-0.2, -0.15) is 0 Å². The topological polar surface area (TPSA) is 12.5 Å². The van der Waals surface area contributed by atoms with Crippen LogP contribution in [0.1, 0.15) is 47.5 Å². The zero-order valence-corrected chi connectivity index (χ0v) is 11.3. The molecule has 0 aromatic carbocycles. The summed E-state index contributed by atoms with van der Waals surface area (Å²) in [5, 5.41) is 0. The average molecular weight is 213 g/mol. The molecule has 0 amide bonds. The summed E-state index contributed by atoms with van der Waals surface area (Å²) in [4.78, 5) is 2.55. The Balaban J connectivity index is 2.69. The van der Waals surface area contributed by atoms with E-state index in [1.165, 1.54) is 12.8 Å². The molecule has 0 aromatic rings. The molecule has 0 spiro atoms. The molecule has 1 fully saturated rings. The molecule has 1 aliphatic rings. The second-order valence-electron chi connectivity index (χ2n) is 6.26. The number of rotatable bonds is 2. The molecule has 0 aromatic heterocycles. The van der Waals surface area contributed by atoms with Crippen molar-refractivity contribution in [1.82, 2.24) is 4.90 Å². The van der Waals surface area contributed by atoms with E-state index in [-0.39, 0.29) is 5.54 Å². The lowest BCUT2D eigenvalue weighted by molar-refractivity contribution is -0.0335. The highest BCUT2D eigenvalue weighted by Crippen LogP contribution is 2.36. The van der Waals surface area contributed by atoms with Crippen LogP contribution in [0.15, 0.2) is 0 Å². The van der Waals surface area contributed by atoms with Crippen LogP contribution >= 0.6 is 0 Å². The van der Waals surface area contributed by atoms with Gasteiger partial charge in [0.05, 0.1) is 0 Å². The summed E-state index contributed by atoms with van der Waals surface area (Å²) < 4.78 is 5.42. The molecule has 2 nitrogen and oxygen atoms in total. The number of hydrogen-bond acceptors (Lipinski definition) is 2. The van der Waals surface area contributed by atoms with E-state index in [4.69, 9.17) is 4.74 Å². The van der Waals surface area contributed by atoms with Crippen LogP contribution in [0.3, 0.4) is 0 Å². The fourth-order valence-corrected chi connectivity index (χ4v) is 2.06. The molecule has 0 atom stereocenters. The first-order chi connectivity index (χ1) is 6.77. The van der Waals surface area contributed by atoms with E-state index in [0.717, 1.165) is 13.2 Å². The Morgan fingerprint density at radius 2 is 1.47 bits per heavy atom. The molecule has 0 unspecified atom stereocenters. The van der Waals surface area contributed by atoms with Crippen molar-refractivity contribution in [2.45, 2.75) is 59.0 Å². The van der Waals surface area contributed by atoms with Gasteiger partial charge in [-0.1, -0.05) is 20.8 Å². The van der Waals surface area contributed by atoms with Gasteiger partial charge in [-0.15, -0.1) is 0 Å². The van der Waals surface area contributed by atoms with E-state index in [9.17, 15) is 0 Å². The first-order valence-corrected chi connectivity index (χ1v) is 6.07. The Kier molecular flexibility index (Phi) is 3.83. The lowest BCUT2D eigenvalue weighted by atomic mass is 9.74. The molecule has 0 bridgehead atoms. The molecule has 0 radical (unpaired) electrons. The molecule has 1 heterocycles. The summed E-state index contributed by atoms with van der Waals surface area (Å²) in [5.74, 6) is 0. The Bertz CT molecular complexity index is 199. The van der Waals surface area contributed by atoms with Crippen molar-refractivity contribution in [1.29, 1.82) is 0 Å². The minimum Gasteiger partial charge on any atom is -0.381 e. The summed E-state index contributed by atoms with van der Waals surface area (Å²) in [5.41, 5.74) is 0.537. The molecular weight excluding hydrogens is 186 g/mol. The largest absolute Gasteiger partial charge is 0.381 e. The van der Waals surface area contributed by atoms with Gasteiger partial charge in [0.25, 0.3) is 0 Å². The molecular formula is C13H27NO. The summed E-state index contributed by atoms with van der Waals surface area (Å²) in [6.07, 6.45) is 2.35. The number of hydrogen-bond donors (Lipinski definition) is 0. The fourth-order valence-electron chi connectivity index (χ4n) is 2.06. The van der Waals surface area contributed by atoms with Crippen molar-refractivity contribution in [2.75, 3.05) is 20.3 Å². The van der Waals surface area contributed by atoms with Crippen molar-refractivity contribution >= 4 is 0 Å². The lowest BCUT2D eigenvalue weighted by Gasteiger charge is -2.50. The smallest absolute Gasteiger partial charge is 0.0480 e. The minimum atomic E-state index is 0.231. The molecule has 1 rings (SSSR count). The lowest BCUT2D eigenvalue weighted by Crippen LogP contribution is -2.56. The van der Waals surface area contributed by atoms with Crippen molar-refractivity contribution < 1.29 is 4.74 Å². The van der Waals surface area contributed by atoms with Gasteiger partial charge in [-0.05, 0) is 39.2 Å².